The van der Waals surface area contributed by atoms with E-state index in [9.17, 15) is 29.4 Å². The zero-order chi connectivity index (χ0) is 28.1. The highest BCUT2D eigenvalue weighted by molar-refractivity contribution is 6.33. The minimum atomic E-state index is -1.28. The highest BCUT2D eigenvalue weighted by Gasteiger charge is 2.19. The van der Waals surface area contributed by atoms with Crippen LogP contribution >= 0.6 is 23.2 Å². The van der Waals surface area contributed by atoms with Gasteiger partial charge in [-0.05, 0) is 66.1 Å². The molecule has 0 fully saturated rings. The van der Waals surface area contributed by atoms with Gasteiger partial charge in [0.15, 0.2) is 0 Å². The maximum atomic E-state index is 12.6. The van der Waals surface area contributed by atoms with Crippen LogP contribution in [-0.2, 0) is 6.42 Å². The van der Waals surface area contributed by atoms with E-state index in [1.165, 1.54) is 60.9 Å². The number of benzene rings is 2. The maximum Gasteiger partial charge on any atom is 0.337 e. The third-order valence-electron chi connectivity index (χ3n) is 5.54. The molecule has 2 aromatic carbocycles. The molecule has 0 aliphatic carbocycles. The number of nitrogens with zero attached hydrogens (tertiary/aromatic N) is 2. The number of halogens is 2. The standard InChI is InChI=1S/C27H18Cl2N4O6/c28-22-16(3-1-9-30-22)24(34)32-20-7-5-14(12-18(20)26(36)37)11-15-6-8-21(19(13-15)27(38)39)33-25(35)17-4-2-10-31-23(17)29/h1-10,12-13H,11H2,(H,32,34)(H,33,35)(H,36,37)(H,38,39). The van der Waals surface area contributed by atoms with Crippen molar-refractivity contribution in [1.82, 2.24) is 9.97 Å². The van der Waals surface area contributed by atoms with Gasteiger partial charge >= 0.3 is 11.9 Å². The van der Waals surface area contributed by atoms with Crippen LogP contribution in [0.2, 0.25) is 10.3 Å². The number of nitrogens with one attached hydrogen (secondary N) is 2. The molecule has 0 spiro atoms. The highest BCUT2D eigenvalue weighted by atomic mass is 35.5. The molecule has 0 aliphatic rings. The molecule has 2 aromatic heterocycles. The number of pyridine rings is 2. The zero-order valence-corrected chi connectivity index (χ0v) is 21.3. The normalized spacial score (nSPS) is 10.5. The molecule has 4 N–H and O–H groups in total. The third-order valence-corrected chi connectivity index (χ3v) is 6.14. The minimum Gasteiger partial charge on any atom is -0.478 e. The minimum absolute atomic E-state index is 0.0269. The van der Waals surface area contributed by atoms with Gasteiger partial charge in [0.2, 0.25) is 0 Å². The van der Waals surface area contributed by atoms with Crippen molar-refractivity contribution in [3.8, 4) is 0 Å². The molecule has 12 heteroatoms. The van der Waals surface area contributed by atoms with Crippen LogP contribution in [0.5, 0.6) is 0 Å². The molecule has 0 unspecified atom stereocenters. The first-order valence-corrected chi connectivity index (χ1v) is 12.0. The van der Waals surface area contributed by atoms with E-state index in [1.54, 1.807) is 12.1 Å². The number of aromatic nitrogens is 2. The Morgan fingerprint density at radius 1 is 0.641 bits per heavy atom. The Morgan fingerprint density at radius 2 is 1.05 bits per heavy atom. The summed E-state index contributed by atoms with van der Waals surface area (Å²) in [5.41, 5.74) is 1.01. The van der Waals surface area contributed by atoms with E-state index in [0.717, 1.165) is 0 Å². The quantitative estimate of drug-likeness (QED) is 0.210. The van der Waals surface area contributed by atoms with Crippen molar-refractivity contribution >= 4 is 58.3 Å². The third kappa shape index (κ3) is 6.38. The van der Waals surface area contributed by atoms with Gasteiger partial charge in [-0.1, -0.05) is 35.3 Å². The number of carbonyl (C=O) groups is 4. The van der Waals surface area contributed by atoms with E-state index < -0.39 is 23.8 Å². The summed E-state index contributed by atoms with van der Waals surface area (Å²) in [4.78, 5) is 56.7. The molecular formula is C27H18Cl2N4O6. The Balaban J connectivity index is 1.57. The topological polar surface area (TPSA) is 159 Å². The fourth-order valence-corrected chi connectivity index (χ4v) is 4.11. The maximum absolute atomic E-state index is 12.6. The van der Waals surface area contributed by atoms with E-state index in [4.69, 9.17) is 23.2 Å². The summed E-state index contributed by atoms with van der Waals surface area (Å²) in [6, 6.07) is 14.8. The van der Waals surface area contributed by atoms with Gasteiger partial charge < -0.3 is 20.8 Å². The SMILES string of the molecule is O=C(O)c1cc(Cc2ccc(NC(=O)c3cccnc3Cl)c(C(=O)O)c2)ccc1NC(=O)c1cccnc1Cl. The molecule has 2 heterocycles. The van der Waals surface area contributed by atoms with Crippen LogP contribution in [0.1, 0.15) is 52.6 Å². The van der Waals surface area contributed by atoms with Gasteiger partial charge in [0, 0.05) is 12.4 Å². The van der Waals surface area contributed by atoms with Crippen molar-refractivity contribution in [2.24, 2.45) is 0 Å². The molecule has 10 nitrogen and oxygen atoms in total. The van der Waals surface area contributed by atoms with Gasteiger partial charge in [-0.3, -0.25) is 9.59 Å². The Morgan fingerprint density at radius 3 is 1.41 bits per heavy atom. The van der Waals surface area contributed by atoms with E-state index in [1.807, 2.05) is 0 Å². The van der Waals surface area contributed by atoms with Crippen molar-refractivity contribution in [3.05, 3.63) is 117 Å². The molecule has 0 bridgehead atoms. The van der Waals surface area contributed by atoms with E-state index >= 15 is 0 Å². The Kier molecular flexibility index (Phi) is 8.18. The summed E-state index contributed by atoms with van der Waals surface area (Å²) in [6.45, 7) is 0. The lowest BCUT2D eigenvalue weighted by molar-refractivity contribution is 0.0687. The zero-order valence-electron chi connectivity index (χ0n) is 19.8. The number of carboxylic acid groups (broad SMARTS) is 2. The fourth-order valence-electron chi connectivity index (χ4n) is 3.70. The molecule has 2 amide bonds. The number of anilines is 2. The number of rotatable bonds is 8. The molecule has 0 aliphatic heterocycles. The number of carboxylic acids is 2. The molecule has 0 saturated heterocycles. The average molecular weight is 565 g/mol. The van der Waals surface area contributed by atoms with Gasteiger partial charge in [-0.2, -0.15) is 0 Å². The lowest BCUT2D eigenvalue weighted by Gasteiger charge is -2.13. The Hall–Kier alpha value is -4.80. The van der Waals surface area contributed by atoms with E-state index in [0.29, 0.717) is 11.1 Å². The summed E-state index contributed by atoms with van der Waals surface area (Å²) in [5, 5.41) is 24.5. The lowest BCUT2D eigenvalue weighted by atomic mass is 9.99. The molecule has 4 rings (SSSR count). The first-order valence-electron chi connectivity index (χ1n) is 11.2. The molecule has 196 valence electrons. The first-order chi connectivity index (χ1) is 18.6. The van der Waals surface area contributed by atoms with Gasteiger partial charge in [-0.25, -0.2) is 19.6 Å². The second-order valence-electron chi connectivity index (χ2n) is 8.14. The fraction of sp³-hybridized carbons (Fsp3) is 0.0370. The number of amides is 2. The summed E-state index contributed by atoms with van der Waals surface area (Å²) in [5.74, 6) is -3.80. The molecule has 4 aromatic rings. The van der Waals surface area contributed by atoms with Crippen LogP contribution in [0, 0.1) is 0 Å². The van der Waals surface area contributed by atoms with Crippen LogP contribution in [0.4, 0.5) is 11.4 Å². The van der Waals surface area contributed by atoms with Crippen molar-refractivity contribution in [2.75, 3.05) is 10.6 Å². The summed E-state index contributed by atoms with van der Waals surface area (Å²) < 4.78 is 0. The summed E-state index contributed by atoms with van der Waals surface area (Å²) in [7, 11) is 0. The average Bonchev–Trinajstić information content (AvgIpc) is 2.90. The molecule has 0 atom stereocenters. The van der Waals surface area contributed by atoms with E-state index in [2.05, 4.69) is 20.6 Å². The van der Waals surface area contributed by atoms with Crippen LogP contribution in [0.15, 0.2) is 73.1 Å². The predicted molar refractivity (Wildman–Crippen MR) is 144 cm³/mol. The van der Waals surface area contributed by atoms with Gasteiger partial charge in [0.05, 0.1) is 33.6 Å². The number of carbonyl (C=O) groups excluding carboxylic acids is 2. The molecule has 39 heavy (non-hydrogen) atoms. The predicted octanol–water partition coefficient (Wildman–Crippen LogP) is 5.28. The van der Waals surface area contributed by atoms with E-state index in [-0.39, 0.29) is 50.4 Å². The summed E-state index contributed by atoms with van der Waals surface area (Å²) >= 11 is 11.9. The van der Waals surface area contributed by atoms with Crippen molar-refractivity contribution in [3.63, 3.8) is 0 Å². The van der Waals surface area contributed by atoms with Crippen LogP contribution < -0.4 is 10.6 Å². The van der Waals surface area contributed by atoms with Gasteiger partial charge in [0.1, 0.15) is 10.3 Å². The van der Waals surface area contributed by atoms with Crippen molar-refractivity contribution < 1.29 is 29.4 Å². The number of aromatic carboxylic acids is 2. The smallest absolute Gasteiger partial charge is 0.337 e. The van der Waals surface area contributed by atoms with Gasteiger partial charge in [0.25, 0.3) is 11.8 Å². The lowest BCUT2D eigenvalue weighted by Crippen LogP contribution is -2.16. The summed E-state index contributed by atoms with van der Waals surface area (Å²) in [6.07, 6.45) is 3.01. The highest BCUT2D eigenvalue weighted by Crippen LogP contribution is 2.25. The molecule has 0 radical (unpaired) electrons. The van der Waals surface area contributed by atoms with Crippen LogP contribution in [-0.4, -0.2) is 43.9 Å². The first kappa shape index (κ1) is 27.2. The molecule has 0 saturated carbocycles. The van der Waals surface area contributed by atoms with Crippen LogP contribution in [0.25, 0.3) is 0 Å². The second kappa shape index (κ2) is 11.7. The Labute approximate surface area is 231 Å². The van der Waals surface area contributed by atoms with Crippen molar-refractivity contribution in [1.29, 1.82) is 0 Å². The number of hydrogen-bond donors (Lipinski definition) is 4. The molecular weight excluding hydrogens is 547 g/mol. The van der Waals surface area contributed by atoms with Crippen molar-refractivity contribution in [2.45, 2.75) is 6.42 Å². The monoisotopic (exact) mass is 564 g/mol. The van der Waals surface area contributed by atoms with Crippen LogP contribution in [0.3, 0.4) is 0 Å². The Bertz CT molecular complexity index is 1510. The number of hydrogen-bond acceptors (Lipinski definition) is 6. The second-order valence-corrected chi connectivity index (χ2v) is 8.85. The largest absolute Gasteiger partial charge is 0.478 e. The van der Waals surface area contributed by atoms with Gasteiger partial charge in [-0.15, -0.1) is 0 Å².